The molecule has 0 bridgehead atoms. The number of nitrogens with zero attached hydrogens (tertiary/aromatic N) is 1. The molecule has 1 aromatic carbocycles. The molecule has 0 radical (unpaired) electrons. The lowest BCUT2D eigenvalue weighted by Crippen LogP contribution is -2.28. The van der Waals surface area contributed by atoms with E-state index in [0.717, 1.165) is 19.6 Å². The number of anilines is 1. The Hall–Kier alpha value is -1.02. The van der Waals surface area contributed by atoms with Crippen LogP contribution in [0, 0.1) is 12.8 Å². The summed E-state index contributed by atoms with van der Waals surface area (Å²) in [5.41, 5.74) is 4.11. The van der Waals surface area contributed by atoms with Crippen LogP contribution in [0.5, 0.6) is 0 Å². The van der Waals surface area contributed by atoms with E-state index in [9.17, 15) is 0 Å². The van der Waals surface area contributed by atoms with Gasteiger partial charge in [0.25, 0.3) is 0 Å². The molecule has 17 heavy (non-hydrogen) atoms. The van der Waals surface area contributed by atoms with E-state index in [-0.39, 0.29) is 0 Å². The molecule has 1 rings (SSSR count). The summed E-state index contributed by atoms with van der Waals surface area (Å²) in [6, 6.07) is 6.75. The van der Waals surface area contributed by atoms with E-state index in [1.807, 2.05) is 7.05 Å². The molecule has 1 aromatic rings. The predicted octanol–water partition coefficient (Wildman–Crippen LogP) is 3.20. The van der Waals surface area contributed by atoms with Crippen LogP contribution in [0.25, 0.3) is 0 Å². The fourth-order valence-electron chi connectivity index (χ4n) is 2.19. The maximum atomic E-state index is 3.26. The number of benzene rings is 1. The van der Waals surface area contributed by atoms with Crippen molar-refractivity contribution < 1.29 is 0 Å². The van der Waals surface area contributed by atoms with Crippen molar-refractivity contribution in [1.82, 2.24) is 5.32 Å². The number of nitrogens with one attached hydrogen (secondary N) is 1. The third kappa shape index (κ3) is 4.04. The minimum atomic E-state index is 0.693. The molecule has 0 saturated carbocycles. The van der Waals surface area contributed by atoms with Crippen molar-refractivity contribution in [3.05, 3.63) is 29.3 Å². The first kappa shape index (κ1) is 14.0. The van der Waals surface area contributed by atoms with Gasteiger partial charge in [-0.2, -0.15) is 0 Å². The molecule has 0 aromatic heterocycles. The van der Waals surface area contributed by atoms with E-state index >= 15 is 0 Å². The first-order chi connectivity index (χ1) is 8.08. The highest BCUT2D eigenvalue weighted by atomic mass is 15.1. The van der Waals surface area contributed by atoms with Gasteiger partial charge < -0.3 is 10.2 Å². The molecule has 96 valence electrons. The summed E-state index contributed by atoms with van der Waals surface area (Å²) in [5.74, 6) is 0.693. The summed E-state index contributed by atoms with van der Waals surface area (Å²) < 4.78 is 0. The van der Waals surface area contributed by atoms with Gasteiger partial charge in [0.15, 0.2) is 0 Å². The fraction of sp³-hybridized carbons (Fsp3) is 0.600. The molecule has 0 fully saturated rings. The molecule has 0 saturated heterocycles. The maximum absolute atomic E-state index is 3.26. The van der Waals surface area contributed by atoms with Crippen LogP contribution in [0.1, 0.15) is 31.9 Å². The molecule has 0 atom stereocenters. The quantitative estimate of drug-likeness (QED) is 0.813. The van der Waals surface area contributed by atoms with Crippen LogP contribution < -0.4 is 10.2 Å². The van der Waals surface area contributed by atoms with Crippen LogP contribution in [0.15, 0.2) is 18.2 Å². The molecule has 0 spiro atoms. The van der Waals surface area contributed by atoms with Gasteiger partial charge in [-0.1, -0.05) is 31.5 Å². The molecule has 0 aliphatic heterocycles. The fourth-order valence-corrected chi connectivity index (χ4v) is 2.19. The van der Waals surface area contributed by atoms with Gasteiger partial charge >= 0.3 is 0 Å². The third-order valence-corrected chi connectivity index (χ3v) is 2.91. The number of hydrogen-bond donors (Lipinski definition) is 1. The molecule has 0 heterocycles. The van der Waals surface area contributed by atoms with Crippen LogP contribution in [0.3, 0.4) is 0 Å². The monoisotopic (exact) mass is 234 g/mol. The van der Waals surface area contributed by atoms with Crippen LogP contribution in [-0.2, 0) is 6.54 Å². The van der Waals surface area contributed by atoms with Crippen LogP contribution in [0.2, 0.25) is 0 Å². The van der Waals surface area contributed by atoms with Gasteiger partial charge in [-0.25, -0.2) is 0 Å². The second-order valence-corrected chi connectivity index (χ2v) is 5.09. The highest BCUT2D eigenvalue weighted by Crippen LogP contribution is 2.22. The Kier molecular flexibility index (Phi) is 5.49. The van der Waals surface area contributed by atoms with E-state index < -0.39 is 0 Å². The summed E-state index contributed by atoms with van der Waals surface area (Å²) >= 11 is 0. The molecular weight excluding hydrogens is 208 g/mol. The van der Waals surface area contributed by atoms with Crippen molar-refractivity contribution in [1.29, 1.82) is 0 Å². The predicted molar refractivity (Wildman–Crippen MR) is 76.7 cm³/mol. The molecule has 0 unspecified atom stereocenters. The highest BCUT2D eigenvalue weighted by molar-refractivity contribution is 5.55. The molecule has 2 heteroatoms. The Morgan fingerprint density at radius 3 is 2.53 bits per heavy atom. The standard InChI is InChI=1S/C15H26N2/c1-6-17(11-12(2)3)15-8-7-13(4)9-14(15)10-16-5/h7-9,12,16H,6,10-11H2,1-5H3. The largest absolute Gasteiger partial charge is 0.371 e. The lowest BCUT2D eigenvalue weighted by atomic mass is 10.1. The minimum absolute atomic E-state index is 0.693. The second-order valence-electron chi connectivity index (χ2n) is 5.09. The van der Waals surface area contributed by atoms with Gasteiger partial charge in [0.2, 0.25) is 0 Å². The van der Waals surface area contributed by atoms with Crippen molar-refractivity contribution in [3.63, 3.8) is 0 Å². The Labute approximate surface area is 106 Å². The van der Waals surface area contributed by atoms with Gasteiger partial charge in [0.05, 0.1) is 0 Å². The lowest BCUT2D eigenvalue weighted by molar-refractivity contribution is 0.616. The molecule has 0 aliphatic carbocycles. The van der Waals surface area contributed by atoms with Crippen molar-refractivity contribution in [2.75, 3.05) is 25.0 Å². The van der Waals surface area contributed by atoms with Gasteiger partial charge in [0, 0.05) is 25.3 Å². The summed E-state index contributed by atoms with van der Waals surface area (Å²) in [6.45, 7) is 12.1. The number of hydrogen-bond acceptors (Lipinski definition) is 2. The van der Waals surface area contributed by atoms with E-state index in [4.69, 9.17) is 0 Å². The van der Waals surface area contributed by atoms with Gasteiger partial charge in [-0.3, -0.25) is 0 Å². The van der Waals surface area contributed by atoms with Crippen molar-refractivity contribution in [2.45, 2.75) is 34.2 Å². The Balaban J connectivity index is 3.00. The molecule has 0 aliphatic rings. The maximum Gasteiger partial charge on any atom is 0.0412 e. The summed E-state index contributed by atoms with van der Waals surface area (Å²) in [4.78, 5) is 2.47. The topological polar surface area (TPSA) is 15.3 Å². The van der Waals surface area contributed by atoms with E-state index in [2.05, 4.69) is 56.1 Å². The minimum Gasteiger partial charge on any atom is -0.371 e. The van der Waals surface area contributed by atoms with Crippen molar-refractivity contribution in [3.8, 4) is 0 Å². The van der Waals surface area contributed by atoms with Crippen molar-refractivity contribution in [2.24, 2.45) is 5.92 Å². The average Bonchev–Trinajstić information content (AvgIpc) is 2.27. The SMILES string of the molecule is CCN(CC(C)C)c1ccc(C)cc1CNC. The van der Waals surface area contributed by atoms with Crippen LogP contribution in [-0.4, -0.2) is 20.1 Å². The van der Waals surface area contributed by atoms with Gasteiger partial charge in [0.1, 0.15) is 0 Å². The summed E-state index contributed by atoms with van der Waals surface area (Å²) in [5, 5.41) is 3.26. The van der Waals surface area contributed by atoms with E-state index in [0.29, 0.717) is 5.92 Å². The molecule has 0 amide bonds. The van der Waals surface area contributed by atoms with E-state index in [1.54, 1.807) is 0 Å². The Morgan fingerprint density at radius 2 is 2.00 bits per heavy atom. The lowest BCUT2D eigenvalue weighted by Gasteiger charge is -2.27. The van der Waals surface area contributed by atoms with E-state index in [1.165, 1.54) is 16.8 Å². The molecule has 2 nitrogen and oxygen atoms in total. The van der Waals surface area contributed by atoms with Crippen LogP contribution >= 0.6 is 0 Å². The first-order valence-corrected chi connectivity index (χ1v) is 6.57. The summed E-state index contributed by atoms with van der Waals surface area (Å²) in [7, 11) is 2.00. The number of aryl methyl sites for hydroxylation is 1. The Bertz CT molecular complexity index is 345. The third-order valence-electron chi connectivity index (χ3n) is 2.91. The molecule has 1 N–H and O–H groups in total. The second kappa shape index (κ2) is 6.65. The zero-order valence-electron chi connectivity index (χ0n) is 11.9. The van der Waals surface area contributed by atoms with Crippen molar-refractivity contribution >= 4 is 5.69 Å². The average molecular weight is 234 g/mol. The zero-order chi connectivity index (χ0) is 12.8. The number of rotatable bonds is 6. The Morgan fingerprint density at radius 1 is 1.29 bits per heavy atom. The first-order valence-electron chi connectivity index (χ1n) is 6.57. The highest BCUT2D eigenvalue weighted by Gasteiger charge is 2.10. The normalized spacial score (nSPS) is 10.9. The van der Waals surface area contributed by atoms with Gasteiger partial charge in [-0.05, 0) is 38.4 Å². The zero-order valence-corrected chi connectivity index (χ0v) is 11.9. The van der Waals surface area contributed by atoms with Crippen LogP contribution in [0.4, 0.5) is 5.69 Å². The summed E-state index contributed by atoms with van der Waals surface area (Å²) in [6.07, 6.45) is 0. The molecular formula is C15H26N2. The smallest absolute Gasteiger partial charge is 0.0412 e. The van der Waals surface area contributed by atoms with Gasteiger partial charge in [-0.15, -0.1) is 0 Å².